The minimum absolute atomic E-state index is 0.324. The second-order valence-electron chi connectivity index (χ2n) is 22.6. The summed E-state index contributed by atoms with van der Waals surface area (Å²) in [4.78, 5) is 2.21. The van der Waals surface area contributed by atoms with Crippen molar-refractivity contribution in [1.29, 1.82) is 0 Å². The van der Waals surface area contributed by atoms with E-state index in [0.717, 1.165) is 89.3 Å². The number of rotatable bonds is 28. The van der Waals surface area contributed by atoms with Crippen LogP contribution in [0.2, 0.25) is 0 Å². The first-order valence-corrected chi connectivity index (χ1v) is 30.0. The van der Waals surface area contributed by atoms with Crippen molar-refractivity contribution in [2.45, 2.75) is 262 Å². The maximum Gasteiger partial charge on any atom is 0.0701 e. The molecule has 2 aliphatic carbocycles. The first-order chi connectivity index (χ1) is 34.1. The van der Waals surface area contributed by atoms with Crippen LogP contribution in [-0.4, -0.2) is 116 Å². The second kappa shape index (κ2) is 68.5. The molecular weight excluding hydrogens is 895 g/mol. The Morgan fingerprint density at radius 2 is 1.01 bits per heavy atom. The van der Waals surface area contributed by atoms with Crippen LogP contribution in [0.3, 0.4) is 0 Å². The molecule has 446 valence electrons. The van der Waals surface area contributed by atoms with E-state index in [1.54, 1.807) is 0 Å². The highest BCUT2D eigenvalue weighted by molar-refractivity contribution is 4.90. The Balaban J connectivity index is -0.000000133. The molecule has 2 fully saturated rings. The van der Waals surface area contributed by atoms with Gasteiger partial charge in [0.2, 0.25) is 0 Å². The summed E-state index contributed by atoms with van der Waals surface area (Å²) in [5.41, 5.74) is 55.3. The van der Waals surface area contributed by atoms with Crippen LogP contribution in [-0.2, 0) is 9.47 Å². The van der Waals surface area contributed by atoms with Crippen molar-refractivity contribution in [1.82, 2.24) is 4.90 Å². The van der Waals surface area contributed by atoms with Gasteiger partial charge in [0.25, 0.3) is 0 Å². The summed E-state index contributed by atoms with van der Waals surface area (Å²) in [6.45, 7) is 38.2. The van der Waals surface area contributed by atoms with Gasteiger partial charge in [0, 0.05) is 31.3 Å². The van der Waals surface area contributed by atoms with E-state index < -0.39 is 0 Å². The average molecular weight is 1040 g/mol. The molecule has 2 aliphatic rings. The Labute approximate surface area is 453 Å². The van der Waals surface area contributed by atoms with Crippen LogP contribution in [0.4, 0.5) is 0 Å². The topological polar surface area (TPSA) is 282 Å². The molecule has 2 saturated carbocycles. The van der Waals surface area contributed by atoms with Gasteiger partial charge in [0.1, 0.15) is 0 Å². The van der Waals surface area contributed by atoms with E-state index in [1.807, 2.05) is 6.92 Å². The highest BCUT2D eigenvalue weighted by Crippen LogP contribution is 2.44. The Kier molecular flexibility index (Phi) is 81.2. The number of unbranched alkanes of at least 4 members (excludes halogenated alkanes) is 7. The summed E-state index contributed by atoms with van der Waals surface area (Å²) in [6.07, 6.45) is 29.9. The van der Waals surface area contributed by atoms with Gasteiger partial charge in [0.15, 0.2) is 0 Å². The van der Waals surface area contributed by atoms with Crippen molar-refractivity contribution >= 4 is 0 Å². The molecule has 0 heterocycles. The molecule has 0 radical (unpaired) electrons. The van der Waals surface area contributed by atoms with Crippen molar-refractivity contribution < 1.29 is 9.47 Å². The number of nitrogens with two attached hydrogens (primary N) is 10. The Hall–Kier alpha value is -0.520. The number of hydrogen-bond acceptors (Lipinski definition) is 13. The van der Waals surface area contributed by atoms with Crippen LogP contribution in [0.25, 0.3) is 0 Å². The van der Waals surface area contributed by atoms with Gasteiger partial charge in [0.05, 0.1) is 19.8 Å². The van der Waals surface area contributed by atoms with Crippen LogP contribution in [0.1, 0.15) is 244 Å². The van der Waals surface area contributed by atoms with Crippen LogP contribution in [0, 0.1) is 28.6 Å². The summed E-state index contributed by atoms with van der Waals surface area (Å²) in [5.74, 6) is 2.26. The monoisotopic (exact) mass is 1040 g/mol. The molecule has 20 N–H and O–H groups in total. The molecule has 13 heteroatoms. The van der Waals surface area contributed by atoms with Crippen molar-refractivity contribution in [2.24, 2.45) is 85.9 Å². The fourth-order valence-corrected chi connectivity index (χ4v) is 8.28. The maximum atomic E-state index is 5.99. The molecule has 0 bridgehead atoms. The van der Waals surface area contributed by atoms with Crippen LogP contribution >= 0.6 is 0 Å². The molecule has 13 nitrogen and oxygen atoms in total. The third-order valence-corrected chi connectivity index (χ3v) is 12.2. The summed E-state index contributed by atoms with van der Waals surface area (Å²) in [7, 11) is 4.21. The van der Waals surface area contributed by atoms with Gasteiger partial charge in [-0.2, -0.15) is 0 Å². The van der Waals surface area contributed by atoms with E-state index in [9.17, 15) is 0 Å². The molecule has 2 rings (SSSR count). The fraction of sp³-hybridized carbons (Fsp3) is 1.00. The van der Waals surface area contributed by atoms with Crippen LogP contribution in [0.15, 0.2) is 0 Å². The summed E-state index contributed by atoms with van der Waals surface area (Å²) >= 11 is 0. The molecule has 0 saturated heterocycles. The quantitative estimate of drug-likeness (QED) is 0.0327. The molecular formula is C59H143N11O2. The molecule has 5 atom stereocenters. The second-order valence-corrected chi connectivity index (χ2v) is 22.6. The van der Waals surface area contributed by atoms with Gasteiger partial charge in [-0.25, -0.2) is 0 Å². The van der Waals surface area contributed by atoms with Crippen molar-refractivity contribution in [3.63, 3.8) is 0 Å². The first-order valence-electron chi connectivity index (χ1n) is 30.0. The minimum atomic E-state index is 0.324. The highest BCUT2D eigenvalue weighted by Gasteiger charge is 2.36. The predicted molar refractivity (Wildman–Crippen MR) is 327 cm³/mol. The molecule has 0 aromatic carbocycles. The molecule has 5 unspecified atom stereocenters. The van der Waals surface area contributed by atoms with Gasteiger partial charge in [-0.15, -0.1) is 0 Å². The smallest absolute Gasteiger partial charge is 0.0701 e. The Morgan fingerprint density at radius 1 is 0.528 bits per heavy atom. The highest BCUT2D eigenvalue weighted by atomic mass is 16.5. The zero-order valence-electron chi connectivity index (χ0n) is 52.0. The SMILES string of the molecule is CC1(C)CC(N)CC(C)(C)C1.CCC(N)CCN.CCCC(C)N.CCCCC(C)CN.CCCCCCCN.CCCCN.CCCCN(C)C.CCCOCCOCCN.NCC1CCCC(CN)C1. The third-order valence-electron chi connectivity index (χ3n) is 12.2. The van der Waals surface area contributed by atoms with Crippen LogP contribution < -0.4 is 57.3 Å². The Morgan fingerprint density at radius 3 is 1.31 bits per heavy atom. The molecule has 0 aromatic rings. The normalized spacial score (nSPS) is 17.6. The lowest BCUT2D eigenvalue weighted by molar-refractivity contribution is 0.0510. The largest absolute Gasteiger partial charge is 0.379 e. The summed E-state index contributed by atoms with van der Waals surface area (Å²) in [5, 5.41) is 0. The lowest BCUT2D eigenvalue weighted by Gasteiger charge is -2.43. The van der Waals surface area contributed by atoms with Gasteiger partial charge in [-0.3, -0.25) is 0 Å². The van der Waals surface area contributed by atoms with Gasteiger partial charge in [-0.1, -0.05) is 147 Å². The van der Waals surface area contributed by atoms with E-state index in [0.29, 0.717) is 55.3 Å². The van der Waals surface area contributed by atoms with Crippen LogP contribution in [0.5, 0.6) is 0 Å². The van der Waals surface area contributed by atoms with E-state index in [1.165, 1.54) is 135 Å². The summed E-state index contributed by atoms with van der Waals surface area (Å²) < 4.78 is 10.2. The number of nitrogens with zero attached hydrogens (tertiary/aromatic N) is 1. The van der Waals surface area contributed by atoms with Gasteiger partial charge >= 0.3 is 0 Å². The third kappa shape index (κ3) is 86.2. The number of ether oxygens (including phenoxy) is 2. The zero-order chi connectivity index (χ0) is 56.9. The minimum Gasteiger partial charge on any atom is -0.379 e. The first kappa shape index (κ1) is 85.4. The molecule has 0 aromatic heterocycles. The summed E-state index contributed by atoms with van der Waals surface area (Å²) in [6, 6.07) is 1.15. The molecule has 0 amide bonds. The predicted octanol–water partition coefficient (Wildman–Crippen LogP) is 10.6. The van der Waals surface area contributed by atoms with Crippen molar-refractivity contribution in [3.05, 3.63) is 0 Å². The zero-order valence-corrected chi connectivity index (χ0v) is 52.0. The Bertz CT molecular complexity index is 876. The van der Waals surface area contributed by atoms with E-state index in [2.05, 4.69) is 102 Å². The van der Waals surface area contributed by atoms with Crippen molar-refractivity contribution in [3.8, 4) is 0 Å². The molecule has 0 spiro atoms. The standard InChI is InChI=1S/C10H21N.C8H18N2.C7H17NO2.2C7H17N.C6H15N.C5H14N2.C5H13N.C4H11N/c1-9(2)5-8(11)6-10(3,4)7-9;9-5-7-2-1-3-8(4-7)6-10;1-2-4-9-6-7-10-5-3-8;1-3-4-5-7(2)6-8;1-2-3-4-5-6-7-8;1-4-5-6-7(2)3;1-2-5(7)3-4-6;1-3-4-5(2)6;1-2-3-4-5/h8H,5-7,11H2,1-4H3;7-8H,1-6,9-10H2;2-8H2,1H3;7H,3-6,8H2,1-2H3;2-8H2,1H3;4-6H2,1-3H3;5H,2-4,6-7H2,1H3;5H,3-4,6H2,1-2H3;2-5H2,1H3. The fourth-order valence-electron chi connectivity index (χ4n) is 8.28. The lowest BCUT2D eigenvalue weighted by Crippen LogP contribution is -2.40. The van der Waals surface area contributed by atoms with Gasteiger partial charge < -0.3 is 71.7 Å². The lowest BCUT2D eigenvalue weighted by atomic mass is 9.64. The number of hydrogen-bond donors (Lipinski definition) is 10. The van der Waals surface area contributed by atoms with E-state index >= 15 is 0 Å². The van der Waals surface area contributed by atoms with Crippen molar-refractivity contribution in [2.75, 3.05) is 92.9 Å². The molecule has 0 aliphatic heterocycles. The average Bonchev–Trinajstić information content (AvgIpc) is 3.33. The molecule has 72 heavy (non-hydrogen) atoms. The van der Waals surface area contributed by atoms with E-state index in [-0.39, 0.29) is 0 Å². The maximum absolute atomic E-state index is 5.99. The van der Waals surface area contributed by atoms with Gasteiger partial charge in [-0.05, 0) is 185 Å². The van der Waals surface area contributed by atoms with E-state index in [4.69, 9.17) is 66.8 Å².